The number of carbonyl (C=O) groups is 2. The molecule has 0 bridgehead atoms. The maximum atomic E-state index is 12.8. The minimum Gasteiger partial charge on any atom is -0.381 e. The number of nitrogens with two attached hydrogens (primary N) is 1. The number of benzene rings is 3. The van der Waals surface area contributed by atoms with E-state index in [0.29, 0.717) is 53.0 Å². The molecular weight excluding hydrogens is 456 g/mol. The van der Waals surface area contributed by atoms with Crippen molar-refractivity contribution in [3.8, 4) is 0 Å². The number of fused-ring (bicyclic) bond motifs is 1. The van der Waals surface area contributed by atoms with E-state index in [1.165, 1.54) is 0 Å². The molecule has 4 aromatic rings. The van der Waals surface area contributed by atoms with Crippen LogP contribution in [-0.2, 0) is 4.74 Å². The first-order valence-corrected chi connectivity index (χ1v) is 11.7. The lowest BCUT2D eigenvalue weighted by Gasteiger charge is -2.23. The molecule has 1 fully saturated rings. The first-order valence-electron chi connectivity index (χ1n) is 11.7. The third-order valence-electron chi connectivity index (χ3n) is 5.99. The van der Waals surface area contributed by atoms with Crippen molar-refractivity contribution in [3.63, 3.8) is 0 Å². The summed E-state index contributed by atoms with van der Waals surface area (Å²) in [5.74, 6) is 0.195. The van der Waals surface area contributed by atoms with Gasteiger partial charge in [-0.1, -0.05) is 30.3 Å². The Morgan fingerprint density at radius 2 is 1.67 bits per heavy atom. The van der Waals surface area contributed by atoms with Gasteiger partial charge in [-0.15, -0.1) is 0 Å². The number of hydrogen-bond acceptors (Lipinski definition) is 7. The van der Waals surface area contributed by atoms with Gasteiger partial charge in [-0.2, -0.15) is 4.98 Å². The number of carbonyl (C=O) groups excluding carboxylic acids is 2. The highest BCUT2D eigenvalue weighted by Gasteiger charge is 2.17. The third kappa shape index (κ3) is 5.26. The van der Waals surface area contributed by atoms with Crippen molar-refractivity contribution in [1.29, 1.82) is 0 Å². The molecule has 2 amide bonds. The van der Waals surface area contributed by atoms with E-state index in [1.807, 2.05) is 42.5 Å². The highest BCUT2D eigenvalue weighted by molar-refractivity contribution is 6.01. The molecule has 9 heteroatoms. The van der Waals surface area contributed by atoms with E-state index in [0.717, 1.165) is 18.2 Å². The zero-order valence-electron chi connectivity index (χ0n) is 19.5. The van der Waals surface area contributed by atoms with E-state index in [2.05, 4.69) is 25.9 Å². The molecule has 0 spiro atoms. The smallest absolute Gasteiger partial charge is 0.251 e. The van der Waals surface area contributed by atoms with Gasteiger partial charge in [0.2, 0.25) is 5.95 Å². The van der Waals surface area contributed by atoms with Crippen molar-refractivity contribution in [3.05, 3.63) is 83.9 Å². The highest BCUT2D eigenvalue weighted by Crippen LogP contribution is 2.28. The second-order valence-electron chi connectivity index (χ2n) is 8.51. The summed E-state index contributed by atoms with van der Waals surface area (Å²) in [4.78, 5) is 34.0. The zero-order chi connectivity index (χ0) is 24.9. The average Bonchev–Trinajstić information content (AvgIpc) is 2.89. The monoisotopic (exact) mass is 482 g/mol. The van der Waals surface area contributed by atoms with Gasteiger partial charge in [-0.25, -0.2) is 4.98 Å². The second kappa shape index (κ2) is 10.4. The molecule has 0 radical (unpaired) electrons. The summed E-state index contributed by atoms with van der Waals surface area (Å²) >= 11 is 0. The Labute approximate surface area is 208 Å². The molecule has 0 unspecified atom stereocenters. The summed E-state index contributed by atoms with van der Waals surface area (Å²) in [5.41, 5.74) is 8.38. The normalized spacial score (nSPS) is 13.8. The van der Waals surface area contributed by atoms with Gasteiger partial charge in [0.15, 0.2) is 0 Å². The molecular formula is C27H26N6O3. The summed E-state index contributed by atoms with van der Waals surface area (Å²) in [7, 11) is 0. The van der Waals surface area contributed by atoms with Crippen LogP contribution < -0.4 is 21.7 Å². The molecule has 9 nitrogen and oxygen atoms in total. The minimum atomic E-state index is -0.536. The number of rotatable bonds is 7. The lowest BCUT2D eigenvalue weighted by Crippen LogP contribution is -2.38. The lowest BCUT2D eigenvalue weighted by atomic mass is 10.1. The fourth-order valence-corrected chi connectivity index (χ4v) is 4.14. The first-order chi connectivity index (χ1) is 17.6. The van der Waals surface area contributed by atoms with Crippen LogP contribution in [0.25, 0.3) is 10.9 Å². The van der Waals surface area contributed by atoms with Crippen LogP contribution in [-0.4, -0.2) is 41.0 Å². The van der Waals surface area contributed by atoms with E-state index in [9.17, 15) is 9.59 Å². The molecule has 1 aliphatic heterocycles. The third-order valence-corrected chi connectivity index (χ3v) is 5.99. The van der Waals surface area contributed by atoms with Gasteiger partial charge in [0.25, 0.3) is 11.8 Å². The molecule has 2 heterocycles. The van der Waals surface area contributed by atoms with E-state index in [4.69, 9.17) is 10.5 Å². The largest absolute Gasteiger partial charge is 0.381 e. The van der Waals surface area contributed by atoms with Crippen LogP contribution in [0, 0.1) is 0 Å². The summed E-state index contributed by atoms with van der Waals surface area (Å²) in [6.45, 7) is 1.32. The topological polar surface area (TPSA) is 131 Å². The molecule has 0 atom stereocenters. The second-order valence-corrected chi connectivity index (χ2v) is 8.51. The van der Waals surface area contributed by atoms with Crippen molar-refractivity contribution in [1.82, 2.24) is 15.3 Å². The summed E-state index contributed by atoms with van der Waals surface area (Å²) in [6, 6.07) is 21.9. The molecule has 5 rings (SSSR count). The summed E-state index contributed by atoms with van der Waals surface area (Å²) < 4.78 is 5.37. The van der Waals surface area contributed by atoms with Crippen LogP contribution in [0.2, 0.25) is 0 Å². The van der Waals surface area contributed by atoms with Gasteiger partial charge in [-0.05, 0) is 55.3 Å². The molecule has 5 N–H and O–H groups in total. The predicted octanol–water partition coefficient (Wildman–Crippen LogP) is 4.12. The molecule has 36 heavy (non-hydrogen) atoms. The summed E-state index contributed by atoms with van der Waals surface area (Å²) in [6.07, 6.45) is 1.62. The molecule has 0 saturated carbocycles. The van der Waals surface area contributed by atoms with Gasteiger partial charge in [0.1, 0.15) is 5.82 Å². The molecule has 1 aromatic heterocycles. The van der Waals surface area contributed by atoms with Crippen LogP contribution in [0.4, 0.5) is 23.1 Å². The van der Waals surface area contributed by atoms with Crippen LogP contribution in [0.15, 0.2) is 72.8 Å². The van der Waals surface area contributed by atoms with E-state index < -0.39 is 5.91 Å². The fourth-order valence-electron chi connectivity index (χ4n) is 4.14. The van der Waals surface area contributed by atoms with Crippen molar-refractivity contribution in [2.75, 3.05) is 23.8 Å². The average molecular weight is 483 g/mol. The number of primary amides is 1. The Bertz CT molecular complexity index is 1420. The van der Waals surface area contributed by atoms with Gasteiger partial charge in [0, 0.05) is 35.9 Å². The van der Waals surface area contributed by atoms with Crippen molar-refractivity contribution >= 4 is 45.9 Å². The van der Waals surface area contributed by atoms with Crippen LogP contribution in [0.1, 0.15) is 33.6 Å². The molecule has 182 valence electrons. The number of hydrogen-bond donors (Lipinski definition) is 4. The number of nitrogens with zero attached hydrogens (tertiary/aromatic N) is 2. The number of nitrogens with one attached hydrogen (secondary N) is 3. The Balaban J connectivity index is 1.42. The Hall–Kier alpha value is -4.50. The van der Waals surface area contributed by atoms with Crippen LogP contribution in [0.5, 0.6) is 0 Å². The summed E-state index contributed by atoms with van der Waals surface area (Å²) in [5, 5.41) is 10.3. The molecule has 1 saturated heterocycles. The predicted molar refractivity (Wildman–Crippen MR) is 139 cm³/mol. The number of ether oxygens (including phenoxy) is 1. The van der Waals surface area contributed by atoms with E-state index >= 15 is 0 Å². The number of anilines is 4. The van der Waals surface area contributed by atoms with Gasteiger partial charge < -0.3 is 26.4 Å². The number of aromatic nitrogens is 2. The van der Waals surface area contributed by atoms with Crippen LogP contribution in [0.3, 0.4) is 0 Å². The van der Waals surface area contributed by atoms with Crippen molar-refractivity contribution in [2.24, 2.45) is 5.73 Å². The quantitative estimate of drug-likeness (QED) is 0.311. The number of amides is 2. The van der Waals surface area contributed by atoms with Crippen molar-refractivity contribution < 1.29 is 14.3 Å². The Morgan fingerprint density at radius 1 is 0.889 bits per heavy atom. The zero-order valence-corrected chi connectivity index (χ0v) is 19.5. The SMILES string of the molecule is NC(=O)c1ccccc1Nc1nc(Nc2cccc(C(=O)NC3CCOCC3)c2)nc2ccccc12. The molecule has 1 aliphatic rings. The van der Waals surface area contributed by atoms with Crippen molar-refractivity contribution in [2.45, 2.75) is 18.9 Å². The molecule has 3 aromatic carbocycles. The number of para-hydroxylation sites is 2. The Morgan fingerprint density at radius 3 is 2.50 bits per heavy atom. The maximum Gasteiger partial charge on any atom is 0.251 e. The minimum absolute atomic E-state index is 0.114. The maximum absolute atomic E-state index is 12.8. The van der Waals surface area contributed by atoms with Crippen LogP contribution >= 0.6 is 0 Å². The fraction of sp³-hybridized carbons (Fsp3) is 0.185. The van der Waals surface area contributed by atoms with E-state index in [1.54, 1.807) is 30.3 Å². The Kier molecular flexibility index (Phi) is 6.72. The van der Waals surface area contributed by atoms with Gasteiger partial charge >= 0.3 is 0 Å². The standard InChI is InChI=1S/C27H26N6O3/c28-24(34)20-8-1-3-10-22(20)31-25-21-9-2-4-11-23(21)32-27(33-25)30-19-7-5-6-17(16-19)26(35)29-18-12-14-36-15-13-18/h1-11,16,18H,12-15H2,(H2,28,34)(H,29,35)(H2,30,31,32,33). The van der Waals surface area contributed by atoms with Gasteiger partial charge in [-0.3, -0.25) is 9.59 Å². The lowest BCUT2D eigenvalue weighted by molar-refractivity contribution is 0.0696. The molecule has 0 aliphatic carbocycles. The van der Waals surface area contributed by atoms with E-state index in [-0.39, 0.29) is 11.9 Å². The van der Waals surface area contributed by atoms with Gasteiger partial charge in [0.05, 0.1) is 16.8 Å². The highest BCUT2D eigenvalue weighted by atomic mass is 16.5. The first kappa shape index (κ1) is 23.3.